The van der Waals surface area contributed by atoms with Crippen molar-refractivity contribution < 1.29 is 36.6 Å². The average molecular weight is 376 g/mol. The second-order valence-electron chi connectivity index (χ2n) is 4.97. The van der Waals surface area contributed by atoms with Gasteiger partial charge >= 0.3 is 22.3 Å². The lowest BCUT2D eigenvalue weighted by Crippen LogP contribution is -2.14. The number of hydrogen-bond donors (Lipinski definition) is 2. The molecule has 0 radical (unpaired) electrons. The first-order valence-electron chi connectivity index (χ1n) is 7.83. The van der Waals surface area contributed by atoms with Crippen molar-refractivity contribution in [2.45, 2.75) is 39.5 Å². The number of carbonyl (C=O) groups excluding carboxylic acids is 2. The molecule has 0 spiro atoms. The molecule has 1 rings (SSSR count). The summed E-state index contributed by atoms with van der Waals surface area (Å²) in [6, 6.07) is 6.59. The summed E-state index contributed by atoms with van der Waals surface area (Å²) in [6.07, 6.45) is 3.53. The third kappa shape index (κ3) is 12.1. The first-order chi connectivity index (χ1) is 11.7. The zero-order valence-corrected chi connectivity index (χ0v) is 15.1. The van der Waals surface area contributed by atoms with E-state index in [4.69, 9.17) is 27.0 Å². The van der Waals surface area contributed by atoms with Gasteiger partial charge in [0.25, 0.3) is 0 Å². The maximum absolute atomic E-state index is 11.9. The fraction of sp³-hybridized carbons (Fsp3) is 0.500. The summed E-state index contributed by atoms with van der Waals surface area (Å²) in [5.74, 6) is -0.942. The van der Waals surface area contributed by atoms with E-state index >= 15 is 0 Å². The zero-order valence-electron chi connectivity index (χ0n) is 14.3. The van der Waals surface area contributed by atoms with Gasteiger partial charge in [0.2, 0.25) is 0 Å². The van der Waals surface area contributed by atoms with Crippen molar-refractivity contribution in [1.82, 2.24) is 0 Å². The maximum atomic E-state index is 11.9. The van der Waals surface area contributed by atoms with Gasteiger partial charge in [0.05, 0.1) is 24.3 Å². The van der Waals surface area contributed by atoms with Crippen molar-refractivity contribution in [2.75, 3.05) is 13.2 Å². The molecule has 9 heteroatoms. The smallest absolute Gasteiger partial charge is 0.394 e. The molecule has 142 valence electrons. The molecule has 1 aromatic carbocycles. The van der Waals surface area contributed by atoms with E-state index < -0.39 is 22.3 Å². The number of ether oxygens (including phenoxy) is 2. The molecule has 0 heterocycles. The third-order valence-corrected chi connectivity index (χ3v) is 2.83. The van der Waals surface area contributed by atoms with E-state index in [9.17, 15) is 9.59 Å². The molecule has 0 amide bonds. The number of benzene rings is 1. The van der Waals surface area contributed by atoms with Crippen molar-refractivity contribution in [2.24, 2.45) is 0 Å². The molecule has 0 aliphatic heterocycles. The normalized spacial score (nSPS) is 10.4. The summed E-state index contributed by atoms with van der Waals surface area (Å²) in [5.41, 5.74) is 0.537. The number of rotatable bonds is 8. The molecule has 0 atom stereocenters. The highest BCUT2D eigenvalue weighted by molar-refractivity contribution is 7.79. The Hall–Kier alpha value is -1.97. The molecule has 0 saturated heterocycles. The van der Waals surface area contributed by atoms with E-state index in [0.717, 1.165) is 25.7 Å². The van der Waals surface area contributed by atoms with E-state index in [1.54, 1.807) is 24.3 Å². The molecule has 0 bridgehead atoms. The van der Waals surface area contributed by atoms with Crippen molar-refractivity contribution in [3.8, 4) is 0 Å². The van der Waals surface area contributed by atoms with Crippen LogP contribution in [-0.4, -0.2) is 42.7 Å². The first kappa shape index (κ1) is 23.0. The van der Waals surface area contributed by atoms with Gasteiger partial charge in [-0.15, -0.1) is 0 Å². The van der Waals surface area contributed by atoms with Gasteiger partial charge in [-0.05, 0) is 25.0 Å². The van der Waals surface area contributed by atoms with Crippen LogP contribution < -0.4 is 0 Å². The molecule has 25 heavy (non-hydrogen) atoms. The SMILES string of the molecule is CCCCOC(=O)c1ccccc1C(=O)OCCCC.O=S(=O)(O)O. The third-order valence-electron chi connectivity index (χ3n) is 2.83. The minimum Gasteiger partial charge on any atom is -0.462 e. The van der Waals surface area contributed by atoms with Crippen molar-refractivity contribution in [3.63, 3.8) is 0 Å². The summed E-state index contributed by atoms with van der Waals surface area (Å²) in [7, 11) is -4.67. The largest absolute Gasteiger partial charge is 0.462 e. The van der Waals surface area contributed by atoms with Gasteiger partial charge in [-0.2, -0.15) is 8.42 Å². The molecule has 2 N–H and O–H groups in total. The van der Waals surface area contributed by atoms with Crippen LogP contribution in [0.25, 0.3) is 0 Å². The summed E-state index contributed by atoms with van der Waals surface area (Å²) < 4.78 is 41.9. The maximum Gasteiger partial charge on any atom is 0.394 e. The van der Waals surface area contributed by atoms with Crippen LogP contribution in [0, 0.1) is 0 Å². The van der Waals surface area contributed by atoms with Gasteiger partial charge in [-0.25, -0.2) is 9.59 Å². The lowest BCUT2D eigenvalue weighted by molar-refractivity contribution is 0.0452. The Morgan fingerprint density at radius 2 is 1.20 bits per heavy atom. The second kappa shape index (κ2) is 12.4. The predicted octanol–water partition coefficient (Wildman–Crippen LogP) is 2.95. The Kier molecular flexibility index (Phi) is 11.4. The average Bonchev–Trinajstić information content (AvgIpc) is 2.53. The Morgan fingerprint density at radius 3 is 1.48 bits per heavy atom. The standard InChI is InChI=1S/C16H22O4.H2O4S/c1-3-5-11-19-15(17)13-9-7-8-10-14(13)16(18)20-12-6-4-2;1-5(2,3)4/h7-10H,3-6,11-12H2,1-2H3;(H2,1,2,3,4). The first-order valence-corrected chi connectivity index (χ1v) is 9.23. The van der Waals surface area contributed by atoms with Crippen molar-refractivity contribution in [3.05, 3.63) is 35.4 Å². The van der Waals surface area contributed by atoms with Crippen molar-refractivity contribution in [1.29, 1.82) is 0 Å². The minimum atomic E-state index is -4.67. The highest BCUT2D eigenvalue weighted by Crippen LogP contribution is 2.12. The highest BCUT2D eigenvalue weighted by atomic mass is 32.3. The highest BCUT2D eigenvalue weighted by Gasteiger charge is 2.18. The van der Waals surface area contributed by atoms with E-state index in [2.05, 4.69) is 0 Å². The molecule has 0 aliphatic rings. The number of unbranched alkanes of at least 4 members (excludes halogenated alkanes) is 2. The molecular formula is C16H24O8S. The van der Waals surface area contributed by atoms with Crippen LogP contribution in [0.4, 0.5) is 0 Å². The van der Waals surface area contributed by atoms with Crippen LogP contribution in [0.3, 0.4) is 0 Å². The fourth-order valence-electron chi connectivity index (χ4n) is 1.61. The molecular weight excluding hydrogens is 352 g/mol. The number of esters is 2. The Bertz CT molecular complexity index is 590. The quantitative estimate of drug-likeness (QED) is 0.403. The zero-order chi connectivity index (χ0) is 19.3. The summed E-state index contributed by atoms with van der Waals surface area (Å²) in [4.78, 5) is 23.9. The molecule has 8 nitrogen and oxygen atoms in total. The second-order valence-corrected chi connectivity index (χ2v) is 5.87. The molecule has 1 aromatic rings. The van der Waals surface area contributed by atoms with Gasteiger partial charge in [0, 0.05) is 0 Å². The van der Waals surface area contributed by atoms with Gasteiger partial charge in [0.1, 0.15) is 0 Å². The topological polar surface area (TPSA) is 127 Å². The molecule has 0 aliphatic carbocycles. The van der Waals surface area contributed by atoms with Crippen LogP contribution in [-0.2, 0) is 19.9 Å². The van der Waals surface area contributed by atoms with Crippen LogP contribution in [0.2, 0.25) is 0 Å². The van der Waals surface area contributed by atoms with Gasteiger partial charge in [-0.3, -0.25) is 9.11 Å². The van der Waals surface area contributed by atoms with Crippen LogP contribution >= 0.6 is 0 Å². The number of carbonyl (C=O) groups is 2. The van der Waals surface area contributed by atoms with E-state index in [-0.39, 0.29) is 11.1 Å². The molecule has 0 aromatic heterocycles. The van der Waals surface area contributed by atoms with Crippen LogP contribution in [0.15, 0.2) is 24.3 Å². The molecule has 0 unspecified atom stereocenters. The van der Waals surface area contributed by atoms with Gasteiger partial charge in [-0.1, -0.05) is 38.8 Å². The fourth-order valence-corrected chi connectivity index (χ4v) is 1.61. The van der Waals surface area contributed by atoms with Crippen molar-refractivity contribution >= 4 is 22.3 Å². The lowest BCUT2D eigenvalue weighted by Gasteiger charge is -2.09. The Labute approximate surface area is 147 Å². The van der Waals surface area contributed by atoms with E-state index in [0.29, 0.717) is 13.2 Å². The summed E-state index contributed by atoms with van der Waals surface area (Å²) >= 11 is 0. The monoisotopic (exact) mass is 376 g/mol. The van der Waals surface area contributed by atoms with Gasteiger partial charge in [0.15, 0.2) is 0 Å². The van der Waals surface area contributed by atoms with Crippen LogP contribution in [0.5, 0.6) is 0 Å². The number of hydrogen-bond acceptors (Lipinski definition) is 6. The van der Waals surface area contributed by atoms with E-state index in [1.165, 1.54) is 0 Å². The molecule has 0 fully saturated rings. The van der Waals surface area contributed by atoms with Gasteiger partial charge < -0.3 is 9.47 Å². The Morgan fingerprint density at radius 1 is 0.880 bits per heavy atom. The lowest BCUT2D eigenvalue weighted by atomic mass is 10.1. The Balaban J connectivity index is 0.00000101. The van der Waals surface area contributed by atoms with Crippen LogP contribution in [0.1, 0.15) is 60.2 Å². The predicted molar refractivity (Wildman–Crippen MR) is 91.0 cm³/mol. The molecule has 0 saturated carbocycles. The summed E-state index contributed by atoms with van der Waals surface area (Å²) in [6.45, 7) is 4.78. The minimum absolute atomic E-state index is 0.269. The van der Waals surface area contributed by atoms with E-state index in [1.807, 2.05) is 13.8 Å². The summed E-state index contributed by atoms with van der Waals surface area (Å²) in [5, 5.41) is 0.